The first-order valence-electron chi connectivity index (χ1n) is 8.47. The maximum Gasteiger partial charge on any atom is 0.330 e. The lowest BCUT2D eigenvalue weighted by molar-refractivity contribution is -0.140. The van der Waals surface area contributed by atoms with Gasteiger partial charge >= 0.3 is 5.97 Å². The molecule has 1 aromatic carbocycles. The summed E-state index contributed by atoms with van der Waals surface area (Å²) in [7, 11) is 0. The average Bonchev–Trinajstić information content (AvgIpc) is 2.59. The van der Waals surface area contributed by atoms with Gasteiger partial charge in [-0.05, 0) is 50.4 Å². The van der Waals surface area contributed by atoms with Crippen LogP contribution in [0, 0.1) is 5.92 Å². The maximum atomic E-state index is 11.9. The van der Waals surface area contributed by atoms with Crippen molar-refractivity contribution in [2.45, 2.75) is 38.1 Å². The van der Waals surface area contributed by atoms with Gasteiger partial charge in [-0.1, -0.05) is 36.8 Å². The predicted octanol–water partition coefficient (Wildman–Crippen LogP) is 3.51. The van der Waals surface area contributed by atoms with Gasteiger partial charge in [0.2, 0.25) is 0 Å². The fourth-order valence-electron chi connectivity index (χ4n) is 3.74. The van der Waals surface area contributed by atoms with Crippen LogP contribution in [-0.4, -0.2) is 36.6 Å². The number of hydrogen-bond donors (Lipinski definition) is 0. The quantitative estimate of drug-likeness (QED) is 0.629. The molecule has 0 aliphatic carbocycles. The van der Waals surface area contributed by atoms with Gasteiger partial charge in [0.1, 0.15) is 0 Å². The summed E-state index contributed by atoms with van der Waals surface area (Å²) < 4.78 is 5.50. The zero-order chi connectivity index (χ0) is 15.2. The van der Waals surface area contributed by atoms with Crippen molar-refractivity contribution in [2.75, 3.05) is 19.7 Å². The van der Waals surface area contributed by atoms with Gasteiger partial charge in [-0.2, -0.15) is 0 Å². The molecule has 0 amide bonds. The van der Waals surface area contributed by atoms with Crippen molar-refractivity contribution >= 4 is 12.0 Å². The number of carbonyl (C=O) groups excluding carboxylic acids is 1. The van der Waals surface area contributed by atoms with Gasteiger partial charge in [-0.25, -0.2) is 4.79 Å². The van der Waals surface area contributed by atoms with E-state index >= 15 is 0 Å². The van der Waals surface area contributed by atoms with Crippen molar-refractivity contribution in [1.82, 2.24) is 4.90 Å². The maximum absolute atomic E-state index is 11.9. The summed E-state index contributed by atoms with van der Waals surface area (Å²) in [5, 5.41) is 0. The summed E-state index contributed by atoms with van der Waals surface area (Å²) in [5.74, 6) is 0.292. The molecule has 2 saturated heterocycles. The van der Waals surface area contributed by atoms with E-state index in [4.69, 9.17) is 4.74 Å². The first kappa shape index (κ1) is 15.3. The summed E-state index contributed by atoms with van der Waals surface area (Å²) in [6.45, 7) is 3.02. The van der Waals surface area contributed by atoms with Gasteiger partial charge in [0, 0.05) is 18.0 Å². The molecule has 3 heteroatoms. The number of nitrogens with zero attached hydrogens (tertiary/aromatic N) is 1. The highest BCUT2D eigenvalue weighted by Gasteiger charge is 2.33. The molecule has 0 spiro atoms. The summed E-state index contributed by atoms with van der Waals surface area (Å²) in [5.41, 5.74) is 1.02. The van der Waals surface area contributed by atoms with E-state index in [0.717, 1.165) is 5.56 Å². The Morgan fingerprint density at radius 1 is 1.14 bits per heavy atom. The number of carbonyl (C=O) groups is 1. The number of hydrogen-bond acceptors (Lipinski definition) is 3. The van der Waals surface area contributed by atoms with E-state index in [-0.39, 0.29) is 5.97 Å². The van der Waals surface area contributed by atoms with Crippen LogP contribution in [0.5, 0.6) is 0 Å². The first-order valence-corrected chi connectivity index (χ1v) is 8.47. The summed E-state index contributed by atoms with van der Waals surface area (Å²) in [6, 6.07) is 10.5. The van der Waals surface area contributed by atoms with Gasteiger partial charge in [-0.3, -0.25) is 4.90 Å². The second-order valence-corrected chi connectivity index (χ2v) is 6.38. The second kappa shape index (κ2) is 7.59. The standard InChI is InChI=1S/C19H25NO2/c21-19(12-11-16-7-2-1-3-8-16)22-15-17-9-6-14-20-13-5-4-10-18(17)20/h1-3,7-8,11-12,17-18H,4-6,9-10,13-15H2/t17-,18+/m0/s1. The molecule has 2 fully saturated rings. The van der Waals surface area contributed by atoms with Crippen LogP contribution in [0.15, 0.2) is 36.4 Å². The van der Waals surface area contributed by atoms with Gasteiger partial charge in [0.15, 0.2) is 0 Å². The van der Waals surface area contributed by atoms with Crippen LogP contribution in [0.1, 0.15) is 37.7 Å². The molecule has 0 radical (unpaired) electrons. The van der Waals surface area contributed by atoms with Crippen LogP contribution < -0.4 is 0 Å². The van der Waals surface area contributed by atoms with Crippen molar-refractivity contribution in [1.29, 1.82) is 0 Å². The monoisotopic (exact) mass is 299 g/mol. The SMILES string of the molecule is O=C(C=Cc1ccccc1)OC[C@@H]1CCCN2CCCC[C@H]12. The average molecular weight is 299 g/mol. The van der Waals surface area contributed by atoms with Gasteiger partial charge in [-0.15, -0.1) is 0 Å². The fourth-order valence-corrected chi connectivity index (χ4v) is 3.74. The molecular weight excluding hydrogens is 274 g/mol. The van der Waals surface area contributed by atoms with Crippen LogP contribution in [0.4, 0.5) is 0 Å². The normalized spacial score (nSPS) is 25.8. The van der Waals surface area contributed by atoms with E-state index in [0.29, 0.717) is 18.6 Å². The van der Waals surface area contributed by atoms with Crippen LogP contribution in [-0.2, 0) is 9.53 Å². The van der Waals surface area contributed by atoms with Crippen molar-refractivity contribution < 1.29 is 9.53 Å². The second-order valence-electron chi connectivity index (χ2n) is 6.38. The third kappa shape index (κ3) is 3.98. The number of rotatable bonds is 4. The van der Waals surface area contributed by atoms with E-state index in [1.54, 1.807) is 0 Å². The third-order valence-electron chi connectivity index (χ3n) is 4.88. The number of ether oxygens (including phenoxy) is 1. The Morgan fingerprint density at radius 3 is 2.82 bits per heavy atom. The lowest BCUT2D eigenvalue weighted by Crippen LogP contribution is -2.49. The molecule has 2 atom stereocenters. The van der Waals surface area contributed by atoms with Crippen LogP contribution in [0.25, 0.3) is 6.08 Å². The van der Waals surface area contributed by atoms with Gasteiger partial charge in [0.05, 0.1) is 6.61 Å². The van der Waals surface area contributed by atoms with E-state index < -0.39 is 0 Å². The molecular formula is C19H25NO2. The largest absolute Gasteiger partial charge is 0.462 e. The number of piperidine rings is 2. The zero-order valence-electron chi connectivity index (χ0n) is 13.1. The third-order valence-corrected chi connectivity index (χ3v) is 4.88. The first-order chi connectivity index (χ1) is 10.8. The van der Waals surface area contributed by atoms with Crippen LogP contribution >= 0.6 is 0 Å². The lowest BCUT2D eigenvalue weighted by atomic mass is 9.84. The van der Waals surface area contributed by atoms with E-state index in [1.807, 2.05) is 36.4 Å². The molecule has 1 aromatic rings. The number of benzene rings is 1. The molecule has 22 heavy (non-hydrogen) atoms. The number of esters is 1. The van der Waals surface area contributed by atoms with E-state index in [2.05, 4.69) is 4.90 Å². The Bertz CT molecular complexity index is 509. The summed E-state index contributed by atoms with van der Waals surface area (Å²) in [4.78, 5) is 14.5. The predicted molar refractivity (Wildman–Crippen MR) is 88.4 cm³/mol. The molecule has 2 aliphatic rings. The molecule has 0 aromatic heterocycles. The molecule has 0 unspecified atom stereocenters. The molecule has 3 rings (SSSR count). The molecule has 3 nitrogen and oxygen atoms in total. The fraction of sp³-hybridized carbons (Fsp3) is 0.526. The molecule has 0 bridgehead atoms. The Kier molecular flexibility index (Phi) is 5.28. The van der Waals surface area contributed by atoms with E-state index in [9.17, 15) is 4.79 Å². The van der Waals surface area contributed by atoms with E-state index in [1.165, 1.54) is 51.3 Å². The van der Waals surface area contributed by atoms with Crippen molar-refractivity contribution in [3.8, 4) is 0 Å². The minimum absolute atomic E-state index is 0.225. The van der Waals surface area contributed by atoms with Crippen LogP contribution in [0.2, 0.25) is 0 Å². The topological polar surface area (TPSA) is 29.5 Å². The molecule has 0 saturated carbocycles. The summed E-state index contributed by atoms with van der Waals surface area (Å²) in [6.07, 6.45) is 9.69. The Balaban J connectivity index is 1.49. The molecule has 0 N–H and O–H groups in total. The minimum Gasteiger partial charge on any atom is -0.462 e. The lowest BCUT2D eigenvalue weighted by Gasteiger charge is -2.44. The Morgan fingerprint density at radius 2 is 1.95 bits per heavy atom. The van der Waals surface area contributed by atoms with Crippen molar-refractivity contribution in [3.05, 3.63) is 42.0 Å². The summed E-state index contributed by atoms with van der Waals surface area (Å²) >= 11 is 0. The van der Waals surface area contributed by atoms with Gasteiger partial charge < -0.3 is 4.74 Å². The van der Waals surface area contributed by atoms with Gasteiger partial charge in [0.25, 0.3) is 0 Å². The van der Waals surface area contributed by atoms with Crippen molar-refractivity contribution in [2.24, 2.45) is 5.92 Å². The Hall–Kier alpha value is -1.61. The molecule has 2 heterocycles. The van der Waals surface area contributed by atoms with Crippen molar-refractivity contribution in [3.63, 3.8) is 0 Å². The minimum atomic E-state index is -0.225. The highest BCUT2D eigenvalue weighted by Crippen LogP contribution is 2.30. The van der Waals surface area contributed by atoms with Crippen LogP contribution in [0.3, 0.4) is 0 Å². The highest BCUT2D eigenvalue weighted by atomic mass is 16.5. The highest BCUT2D eigenvalue weighted by molar-refractivity contribution is 5.87. The zero-order valence-corrected chi connectivity index (χ0v) is 13.1. The number of fused-ring (bicyclic) bond motifs is 1. The molecule has 2 aliphatic heterocycles. The smallest absolute Gasteiger partial charge is 0.330 e. The molecule has 118 valence electrons. The Labute approximate surface area is 133 Å².